The van der Waals surface area contributed by atoms with Crippen molar-refractivity contribution in [3.05, 3.63) is 71.5 Å². The first-order valence-corrected chi connectivity index (χ1v) is 9.06. The van der Waals surface area contributed by atoms with Crippen LogP contribution in [0.3, 0.4) is 0 Å². The van der Waals surface area contributed by atoms with Crippen molar-refractivity contribution in [3.8, 4) is 16.2 Å². The number of fused-ring (bicyclic) bond motifs is 1. The highest BCUT2D eigenvalue weighted by atomic mass is 32.1. The van der Waals surface area contributed by atoms with Crippen molar-refractivity contribution in [1.82, 2.24) is 4.98 Å². The molecule has 0 saturated carbocycles. The maximum absolute atomic E-state index is 13.7. The van der Waals surface area contributed by atoms with Crippen LogP contribution < -0.4 is 10.1 Å². The van der Waals surface area contributed by atoms with Crippen LogP contribution in [0.4, 0.5) is 15.8 Å². The SMILES string of the molecule is COc1cc(Nc2ccnc3ccc(F)cc23)cc(-c2cc(C)cs2)c1. The summed E-state index contributed by atoms with van der Waals surface area (Å²) in [6, 6.07) is 14.6. The summed E-state index contributed by atoms with van der Waals surface area (Å²) < 4.78 is 19.1. The molecule has 0 aliphatic rings. The van der Waals surface area contributed by atoms with Gasteiger partial charge < -0.3 is 10.1 Å². The van der Waals surface area contributed by atoms with Crippen molar-refractivity contribution in [2.75, 3.05) is 12.4 Å². The number of hydrogen-bond acceptors (Lipinski definition) is 4. The van der Waals surface area contributed by atoms with E-state index in [1.807, 2.05) is 18.2 Å². The zero-order chi connectivity index (χ0) is 18.1. The molecule has 1 N–H and O–H groups in total. The quantitative estimate of drug-likeness (QED) is 0.471. The smallest absolute Gasteiger partial charge is 0.124 e. The van der Waals surface area contributed by atoms with Gasteiger partial charge in [-0.1, -0.05) is 0 Å². The van der Waals surface area contributed by atoms with Crippen molar-refractivity contribution >= 4 is 33.6 Å². The Kier molecular flexibility index (Phi) is 4.31. The number of ether oxygens (including phenoxy) is 1. The van der Waals surface area contributed by atoms with Crippen molar-refractivity contribution in [2.24, 2.45) is 0 Å². The Morgan fingerprint density at radius 2 is 1.96 bits per heavy atom. The first-order chi connectivity index (χ1) is 12.6. The number of pyridine rings is 1. The summed E-state index contributed by atoms with van der Waals surface area (Å²) >= 11 is 1.70. The number of aryl methyl sites for hydroxylation is 1. The van der Waals surface area contributed by atoms with E-state index in [1.165, 1.54) is 22.6 Å². The van der Waals surface area contributed by atoms with E-state index in [1.54, 1.807) is 30.7 Å². The van der Waals surface area contributed by atoms with Gasteiger partial charge in [0, 0.05) is 33.9 Å². The maximum atomic E-state index is 13.7. The Morgan fingerprint density at radius 1 is 1.08 bits per heavy atom. The Morgan fingerprint density at radius 3 is 2.73 bits per heavy atom. The van der Waals surface area contributed by atoms with Crippen LogP contribution in [0.15, 0.2) is 60.1 Å². The van der Waals surface area contributed by atoms with Crippen LogP contribution in [-0.2, 0) is 0 Å². The number of nitrogens with zero attached hydrogens (tertiary/aromatic N) is 1. The molecule has 4 aromatic rings. The maximum Gasteiger partial charge on any atom is 0.124 e. The van der Waals surface area contributed by atoms with Gasteiger partial charge in [-0.05, 0) is 65.9 Å². The molecule has 4 rings (SSSR count). The topological polar surface area (TPSA) is 34.1 Å². The molecule has 0 aliphatic heterocycles. The fourth-order valence-corrected chi connectivity index (χ4v) is 3.79. The van der Waals surface area contributed by atoms with Gasteiger partial charge in [-0.3, -0.25) is 4.98 Å². The predicted molar refractivity (Wildman–Crippen MR) is 106 cm³/mol. The average molecular weight is 364 g/mol. The summed E-state index contributed by atoms with van der Waals surface area (Å²) in [4.78, 5) is 5.47. The number of nitrogens with one attached hydrogen (secondary N) is 1. The summed E-state index contributed by atoms with van der Waals surface area (Å²) in [5.41, 5.74) is 4.74. The summed E-state index contributed by atoms with van der Waals surface area (Å²) in [6.45, 7) is 2.08. The average Bonchev–Trinajstić information content (AvgIpc) is 3.08. The van der Waals surface area contributed by atoms with Gasteiger partial charge in [0.25, 0.3) is 0 Å². The van der Waals surface area contributed by atoms with E-state index in [0.717, 1.165) is 33.6 Å². The second-order valence-corrected chi connectivity index (χ2v) is 6.99. The standard InChI is InChI=1S/C21H17FN2OS/c1-13-7-21(26-12-13)14-8-16(11-17(9-14)25-2)24-20-5-6-23-19-4-3-15(22)10-18(19)20/h3-12H,1-2H3,(H,23,24). The molecule has 0 amide bonds. The fourth-order valence-electron chi connectivity index (χ4n) is 2.90. The minimum Gasteiger partial charge on any atom is -0.497 e. The number of anilines is 2. The first kappa shape index (κ1) is 16.5. The summed E-state index contributed by atoms with van der Waals surface area (Å²) in [5, 5.41) is 6.25. The van der Waals surface area contributed by atoms with Gasteiger partial charge in [0.2, 0.25) is 0 Å². The van der Waals surface area contributed by atoms with E-state index in [2.05, 4.69) is 34.7 Å². The van der Waals surface area contributed by atoms with E-state index in [-0.39, 0.29) is 5.82 Å². The molecule has 2 heterocycles. The minimum absolute atomic E-state index is 0.283. The van der Waals surface area contributed by atoms with Gasteiger partial charge in [-0.25, -0.2) is 4.39 Å². The molecule has 26 heavy (non-hydrogen) atoms. The molecule has 5 heteroatoms. The van der Waals surface area contributed by atoms with Crippen LogP contribution in [0, 0.1) is 12.7 Å². The lowest BCUT2D eigenvalue weighted by Crippen LogP contribution is -1.95. The molecule has 0 saturated heterocycles. The number of hydrogen-bond donors (Lipinski definition) is 1. The van der Waals surface area contributed by atoms with Gasteiger partial charge in [0.1, 0.15) is 11.6 Å². The second kappa shape index (κ2) is 6.77. The second-order valence-electron chi connectivity index (χ2n) is 6.08. The van der Waals surface area contributed by atoms with E-state index in [4.69, 9.17) is 4.74 Å². The molecule has 0 aliphatic carbocycles. The number of thiophene rings is 1. The molecule has 0 bridgehead atoms. The third-order valence-electron chi connectivity index (χ3n) is 4.14. The monoisotopic (exact) mass is 364 g/mol. The van der Waals surface area contributed by atoms with Crippen LogP contribution >= 0.6 is 11.3 Å². The number of halogens is 1. The van der Waals surface area contributed by atoms with Crippen LogP contribution in [0.5, 0.6) is 5.75 Å². The van der Waals surface area contributed by atoms with Crippen LogP contribution in [0.1, 0.15) is 5.56 Å². The fraction of sp³-hybridized carbons (Fsp3) is 0.0952. The highest BCUT2D eigenvalue weighted by molar-refractivity contribution is 7.13. The van der Waals surface area contributed by atoms with Gasteiger partial charge in [-0.2, -0.15) is 0 Å². The van der Waals surface area contributed by atoms with Gasteiger partial charge in [-0.15, -0.1) is 11.3 Å². The predicted octanol–water partition coefficient (Wildman–Crippen LogP) is 6.16. The lowest BCUT2D eigenvalue weighted by atomic mass is 10.1. The molecule has 0 radical (unpaired) electrons. The molecule has 3 nitrogen and oxygen atoms in total. The molecular weight excluding hydrogens is 347 g/mol. The number of methoxy groups -OCH3 is 1. The molecular formula is C21H17FN2OS. The largest absolute Gasteiger partial charge is 0.497 e. The highest BCUT2D eigenvalue weighted by Crippen LogP contribution is 2.34. The zero-order valence-corrected chi connectivity index (χ0v) is 15.2. The Bertz CT molecular complexity index is 1090. The zero-order valence-electron chi connectivity index (χ0n) is 14.4. The van der Waals surface area contributed by atoms with Gasteiger partial charge in [0.05, 0.1) is 12.6 Å². The summed E-state index contributed by atoms with van der Waals surface area (Å²) in [6.07, 6.45) is 1.71. The van der Waals surface area contributed by atoms with Crippen molar-refractivity contribution in [1.29, 1.82) is 0 Å². The molecule has 0 unspecified atom stereocenters. The third-order valence-corrected chi connectivity index (χ3v) is 5.24. The summed E-state index contributed by atoms with van der Waals surface area (Å²) in [7, 11) is 1.65. The van der Waals surface area contributed by atoms with E-state index in [9.17, 15) is 4.39 Å². The Balaban J connectivity index is 1.78. The Labute approximate surface area is 155 Å². The van der Waals surface area contributed by atoms with Crippen LogP contribution in [0.2, 0.25) is 0 Å². The van der Waals surface area contributed by atoms with Gasteiger partial charge in [0.15, 0.2) is 0 Å². The normalized spacial score (nSPS) is 10.9. The highest BCUT2D eigenvalue weighted by Gasteiger charge is 2.08. The number of benzene rings is 2. The molecule has 2 aromatic heterocycles. The molecule has 0 spiro atoms. The van der Waals surface area contributed by atoms with Crippen molar-refractivity contribution < 1.29 is 9.13 Å². The third kappa shape index (κ3) is 3.26. The van der Waals surface area contributed by atoms with E-state index < -0.39 is 0 Å². The number of aromatic nitrogens is 1. The lowest BCUT2D eigenvalue weighted by Gasteiger charge is -2.12. The molecule has 2 aromatic carbocycles. The van der Waals surface area contributed by atoms with Crippen LogP contribution in [0.25, 0.3) is 21.3 Å². The summed E-state index contributed by atoms with van der Waals surface area (Å²) in [5.74, 6) is 0.481. The number of rotatable bonds is 4. The molecule has 0 atom stereocenters. The van der Waals surface area contributed by atoms with Crippen molar-refractivity contribution in [2.45, 2.75) is 6.92 Å². The van der Waals surface area contributed by atoms with E-state index in [0.29, 0.717) is 0 Å². The van der Waals surface area contributed by atoms with E-state index >= 15 is 0 Å². The first-order valence-electron chi connectivity index (χ1n) is 8.18. The van der Waals surface area contributed by atoms with Crippen molar-refractivity contribution in [3.63, 3.8) is 0 Å². The van der Waals surface area contributed by atoms with Gasteiger partial charge >= 0.3 is 0 Å². The molecule has 130 valence electrons. The minimum atomic E-state index is -0.283. The molecule has 0 fully saturated rings. The Hall–Kier alpha value is -2.92. The lowest BCUT2D eigenvalue weighted by molar-refractivity contribution is 0.415. The van der Waals surface area contributed by atoms with Crippen LogP contribution in [-0.4, -0.2) is 12.1 Å².